The largest absolute Gasteiger partial charge is 0.333 e. The summed E-state index contributed by atoms with van der Waals surface area (Å²) < 4.78 is 0. The van der Waals surface area contributed by atoms with E-state index in [1.165, 1.54) is 38.5 Å². The minimum absolute atomic E-state index is 0.145. The first-order valence-electron chi connectivity index (χ1n) is 8.43. The summed E-state index contributed by atoms with van der Waals surface area (Å²) in [6.07, 6.45) is 9.05. The maximum atomic E-state index is 12.6. The van der Waals surface area contributed by atoms with Crippen molar-refractivity contribution in [3.63, 3.8) is 0 Å². The number of rotatable bonds is 2. The second kappa shape index (κ2) is 4.62. The van der Waals surface area contributed by atoms with E-state index in [9.17, 15) is 4.79 Å². The molecular weight excluding hydrogens is 250 g/mol. The smallest absolute Gasteiger partial charge is 0.317 e. The number of amides is 2. The Hall–Kier alpha value is -0.770. The Morgan fingerprint density at radius 3 is 2.25 bits per heavy atom. The van der Waals surface area contributed by atoms with Gasteiger partial charge in [0, 0.05) is 18.6 Å². The molecule has 0 aromatic carbocycles. The lowest BCUT2D eigenvalue weighted by molar-refractivity contribution is -0.0153. The fraction of sp³-hybridized carbons (Fsp3) is 0.938. The topological polar surface area (TPSA) is 58.4 Å². The van der Waals surface area contributed by atoms with Crippen LogP contribution in [0.3, 0.4) is 0 Å². The highest BCUT2D eigenvalue weighted by Gasteiger charge is 2.51. The second-order valence-corrected chi connectivity index (χ2v) is 7.96. The number of carbonyl (C=O) groups excluding carboxylic acids is 1. The summed E-state index contributed by atoms with van der Waals surface area (Å²) in [6.45, 7) is 2.45. The van der Waals surface area contributed by atoms with Crippen molar-refractivity contribution in [2.24, 2.45) is 29.4 Å². The molecule has 5 rings (SSSR count). The van der Waals surface area contributed by atoms with Crippen LogP contribution in [0.15, 0.2) is 0 Å². The summed E-state index contributed by atoms with van der Waals surface area (Å²) in [5.74, 6) is 3.17. The highest BCUT2D eigenvalue weighted by molar-refractivity contribution is 5.75. The number of urea groups is 1. The number of hydrogen-bond donors (Lipinski definition) is 2. The predicted molar refractivity (Wildman–Crippen MR) is 78.2 cm³/mol. The van der Waals surface area contributed by atoms with Gasteiger partial charge in [-0.1, -0.05) is 0 Å². The van der Waals surface area contributed by atoms with E-state index < -0.39 is 0 Å². The number of nitrogens with zero attached hydrogens (tertiary/aromatic N) is 1. The third-order valence-corrected chi connectivity index (χ3v) is 6.32. The number of likely N-dealkylation sites (tertiary alicyclic amines) is 1. The van der Waals surface area contributed by atoms with Gasteiger partial charge in [0.05, 0.1) is 0 Å². The van der Waals surface area contributed by atoms with E-state index in [1.54, 1.807) is 0 Å². The number of nitrogens with one attached hydrogen (secondary N) is 1. The van der Waals surface area contributed by atoms with Gasteiger partial charge < -0.3 is 16.0 Å². The summed E-state index contributed by atoms with van der Waals surface area (Å²) in [6, 6.07) is 0.183. The highest BCUT2D eigenvalue weighted by atomic mass is 16.2. The molecule has 4 aliphatic carbocycles. The lowest BCUT2D eigenvalue weighted by atomic mass is 9.53. The molecule has 0 aromatic rings. The molecule has 4 heteroatoms. The van der Waals surface area contributed by atoms with E-state index in [0.29, 0.717) is 12.5 Å². The molecule has 1 atom stereocenters. The van der Waals surface area contributed by atoms with E-state index >= 15 is 0 Å². The van der Waals surface area contributed by atoms with Crippen molar-refractivity contribution in [1.82, 2.24) is 10.2 Å². The zero-order valence-corrected chi connectivity index (χ0v) is 12.3. The normalized spacial score (nSPS) is 46.0. The van der Waals surface area contributed by atoms with Crippen LogP contribution in [0.25, 0.3) is 0 Å². The van der Waals surface area contributed by atoms with E-state index in [-0.39, 0.29) is 11.6 Å². The zero-order valence-electron chi connectivity index (χ0n) is 12.3. The Balaban J connectivity index is 1.42. The van der Waals surface area contributed by atoms with Crippen LogP contribution < -0.4 is 11.1 Å². The quantitative estimate of drug-likeness (QED) is 0.810. The minimum Gasteiger partial charge on any atom is -0.333 e. The Morgan fingerprint density at radius 2 is 1.75 bits per heavy atom. The maximum Gasteiger partial charge on any atom is 0.317 e. The van der Waals surface area contributed by atoms with Gasteiger partial charge in [-0.2, -0.15) is 0 Å². The van der Waals surface area contributed by atoms with Gasteiger partial charge in [-0.15, -0.1) is 0 Å². The third-order valence-electron chi connectivity index (χ3n) is 6.32. The average Bonchev–Trinajstić information content (AvgIpc) is 2.85. The summed E-state index contributed by atoms with van der Waals surface area (Å²) in [7, 11) is 0. The highest BCUT2D eigenvalue weighted by Crippen LogP contribution is 2.55. The molecule has 20 heavy (non-hydrogen) atoms. The van der Waals surface area contributed by atoms with Crippen molar-refractivity contribution in [1.29, 1.82) is 0 Å². The van der Waals surface area contributed by atoms with Gasteiger partial charge in [0.25, 0.3) is 0 Å². The second-order valence-electron chi connectivity index (χ2n) is 7.96. The van der Waals surface area contributed by atoms with Crippen LogP contribution in [-0.4, -0.2) is 36.1 Å². The summed E-state index contributed by atoms with van der Waals surface area (Å²) >= 11 is 0. The molecular formula is C16H27N3O. The lowest BCUT2D eigenvalue weighted by Gasteiger charge is -2.57. The SMILES string of the molecule is NCC1CCN(C(=O)NC23CC4CC(CC(C4)C2)C3)C1. The van der Waals surface area contributed by atoms with Crippen molar-refractivity contribution in [2.45, 2.75) is 50.5 Å². The van der Waals surface area contributed by atoms with Crippen molar-refractivity contribution < 1.29 is 4.79 Å². The van der Waals surface area contributed by atoms with Gasteiger partial charge in [-0.25, -0.2) is 4.79 Å². The molecule has 4 nitrogen and oxygen atoms in total. The molecule has 0 spiro atoms. The first-order valence-corrected chi connectivity index (χ1v) is 8.43. The van der Waals surface area contributed by atoms with Crippen molar-refractivity contribution in [3.05, 3.63) is 0 Å². The fourth-order valence-electron chi connectivity index (χ4n) is 5.78. The number of hydrogen-bond acceptors (Lipinski definition) is 2. The number of nitrogens with two attached hydrogens (primary N) is 1. The summed E-state index contributed by atoms with van der Waals surface area (Å²) in [5.41, 5.74) is 5.87. The van der Waals surface area contributed by atoms with Gasteiger partial charge in [0.15, 0.2) is 0 Å². The molecule has 4 saturated carbocycles. The average molecular weight is 277 g/mol. The fourth-order valence-corrected chi connectivity index (χ4v) is 5.78. The summed E-state index contributed by atoms with van der Waals surface area (Å²) in [5, 5.41) is 3.46. The van der Waals surface area contributed by atoms with Crippen molar-refractivity contribution in [3.8, 4) is 0 Å². The monoisotopic (exact) mass is 277 g/mol. The predicted octanol–water partition coefficient (Wildman–Crippen LogP) is 1.95. The zero-order chi connectivity index (χ0) is 13.7. The molecule has 0 aromatic heterocycles. The third kappa shape index (κ3) is 2.12. The van der Waals surface area contributed by atoms with E-state index in [4.69, 9.17) is 5.73 Å². The van der Waals surface area contributed by atoms with Crippen LogP contribution in [0.2, 0.25) is 0 Å². The first kappa shape index (κ1) is 12.9. The standard InChI is InChI=1S/C16H27N3O/c17-9-11-1-2-19(10-11)15(20)18-16-6-12-3-13(7-16)5-14(4-12)8-16/h11-14H,1-10,17H2,(H,18,20). The molecule has 1 saturated heterocycles. The van der Waals surface area contributed by atoms with Gasteiger partial charge in [-0.05, 0) is 75.2 Å². The van der Waals surface area contributed by atoms with Crippen molar-refractivity contribution >= 4 is 6.03 Å². The van der Waals surface area contributed by atoms with Crippen LogP contribution in [0.5, 0.6) is 0 Å². The van der Waals surface area contributed by atoms with E-state index in [0.717, 1.165) is 37.3 Å². The first-order chi connectivity index (χ1) is 9.66. The Labute approximate surface area is 121 Å². The molecule has 1 unspecified atom stereocenters. The van der Waals surface area contributed by atoms with E-state index in [2.05, 4.69) is 5.32 Å². The minimum atomic E-state index is 0.145. The van der Waals surface area contributed by atoms with Gasteiger partial charge in [0.1, 0.15) is 0 Å². The van der Waals surface area contributed by atoms with Gasteiger partial charge >= 0.3 is 6.03 Å². The van der Waals surface area contributed by atoms with E-state index in [1.807, 2.05) is 4.90 Å². The van der Waals surface area contributed by atoms with Crippen LogP contribution in [0.4, 0.5) is 4.79 Å². The van der Waals surface area contributed by atoms with Crippen LogP contribution in [-0.2, 0) is 0 Å². The van der Waals surface area contributed by atoms with Crippen LogP contribution in [0.1, 0.15) is 44.9 Å². The van der Waals surface area contributed by atoms with Crippen molar-refractivity contribution in [2.75, 3.05) is 19.6 Å². The lowest BCUT2D eigenvalue weighted by Crippen LogP contribution is -2.61. The maximum absolute atomic E-state index is 12.6. The molecule has 1 aliphatic heterocycles. The van der Waals surface area contributed by atoms with Crippen LogP contribution in [0, 0.1) is 23.7 Å². The molecule has 112 valence electrons. The molecule has 5 fully saturated rings. The molecule has 4 bridgehead atoms. The Morgan fingerprint density at radius 1 is 1.15 bits per heavy atom. The molecule has 1 heterocycles. The Kier molecular flexibility index (Phi) is 2.99. The molecule has 2 amide bonds. The van der Waals surface area contributed by atoms with Gasteiger partial charge in [-0.3, -0.25) is 0 Å². The molecule has 3 N–H and O–H groups in total. The number of carbonyl (C=O) groups is 1. The Bertz CT molecular complexity index is 373. The molecule has 5 aliphatic rings. The van der Waals surface area contributed by atoms with Crippen LogP contribution >= 0.6 is 0 Å². The molecule has 0 radical (unpaired) electrons. The van der Waals surface area contributed by atoms with Gasteiger partial charge in [0.2, 0.25) is 0 Å². The summed E-state index contributed by atoms with van der Waals surface area (Å²) in [4.78, 5) is 14.6.